The standard InChI is InChI=1S/C27H44O2/c1-19-10-13-23(28)18-22(19)12-11-21-9-7-17-27(5)24(14-15-25(21)27)20(2)8-6-16-26(3,4)29/h11-12,20,23-25,28-29H,1,6-10,13-18H2,2-5H3/b21-11+,22-12-/t20-,23-,24-,25+,27-/m1/s1/i3+1,4+1,6+1,16+1,26+1. The van der Waals surface area contributed by atoms with Gasteiger partial charge >= 0.3 is 0 Å². The number of aliphatic hydroxyl groups is 2. The summed E-state index contributed by atoms with van der Waals surface area (Å²) >= 11 is 0. The molecule has 2 nitrogen and oxygen atoms in total. The summed E-state index contributed by atoms with van der Waals surface area (Å²) in [6, 6.07) is 0. The van der Waals surface area contributed by atoms with Gasteiger partial charge in [0.05, 0.1) is 11.7 Å². The fraction of sp³-hybridized carbons (Fsp3) is 0.778. The van der Waals surface area contributed by atoms with Crippen LogP contribution >= 0.6 is 0 Å². The molecular weight excluding hydrogens is 361 g/mol. The zero-order valence-corrected chi connectivity index (χ0v) is 19.3. The highest BCUT2D eigenvalue weighted by atomic mass is 16.4. The Balaban J connectivity index is 1.68. The molecule has 2 N–H and O–H groups in total. The van der Waals surface area contributed by atoms with Crippen molar-refractivity contribution in [1.29, 1.82) is 0 Å². The molecule has 3 fully saturated rings. The van der Waals surface area contributed by atoms with Gasteiger partial charge in [-0.25, -0.2) is 0 Å². The molecule has 3 aliphatic rings. The van der Waals surface area contributed by atoms with Crippen LogP contribution in [0.1, 0.15) is 98.3 Å². The van der Waals surface area contributed by atoms with Gasteiger partial charge in [-0.3, -0.25) is 0 Å². The largest absolute Gasteiger partial charge is 0.393 e. The maximum atomic E-state index is 10.0. The first-order chi connectivity index (χ1) is 13.6. The molecule has 3 aliphatic carbocycles. The molecule has 0 unspecified atom stereocenters. The minimum Gasteiger partial charge on any atom is -0.393 e. The molecule has 0 bridgehead atoms. The highest BCUT2D eigenvalue weighted by molar-refractivity contribution is 5.36. The summed E-state index contributed by atoms with van der Waals surface area (Å²) in [6.07, 6.45) is 16.9. The Morgan fingerprint density at radius 2 is 1.97 bits per heavy atom. The van der Waals surface area contributed by atoms with Crippen molar-refractivity contribution in [3.63, 3.8) is 0 Å². The molecule has 0 radical (unpaired) electrons. The smallest absolute Gasteiger partial charge is 0.0591 e. The zero-order chi connectivity index (χ0) is 21.2. The van der Waals surface area contributed by atoms with Crippen LogP contribution in [0.4, 0.5) is 0 Å². The van der Waals surface area contributed by atoms with Gasteiger partial charge in [-0.1, -0.05) is 56.6 Å². The van der Waals surface area contributed by atoms with E-state index in [-0.39, 0.29) is 6.10 Å². The van der Waals surface area contributed by atoms with Crippen LogP contribution in [0.5, 0.6) is 0 Å². The van der Waals surface area contributed by atoms with E-state index < -0.39 is 5.60 Å². The second kappa shape index (κ2) is 9.10. The number of fused-ring (bicyclic) bond motifs is 1. The van der Waals surface area contributed by atoms with Crippen molar-refractivity contribution < 1.29 is 10.2 Å². The van der Waals surface area contributed by atoms with Gasteiger partial charge in [0.2, 0.25) is 0 Å². The fourth-order valence-corrected chi connectivity index (χ4v) is 6.67. The maximum absolute atomic E-state index is 10.0. The SMILES string of the molecule is C=C1CC[C@@H](O)C/C1=C/C=C1\CCC[C@]2(C)[C@@H]([C@H](C)C[13CH2][13CH2][13C]([13CH3])([13CH3])O)CC[C@@H]12. The fourth-order valence-electron chi connectivity index (χ4n) is 6.67. The van der Waals surface area contributed by atoms with Crippen LogP contribution in [0.2, 0.25) is 0 Å². The normalized spacial score (nSPS) is 37.2. The van der Waals surface area contributed by atoms with Gasteiger partial charge in [0, 0.05) is 0 Å². The number of aliphatic hydroxyl groups excluding tert-OH is 1. The molecule has 0 amide bonds. The van der Waals surface area contributed by atoms with Gasteiger partial charge in [-0.2, -0.15) is 0 Å². The lowest BCUT2D eigenvalue weighted by atomic mass is 9.61. The van der Waals surface area contributed by atoms with Gasteiger partial charge in [-0.05, 0) is 100 Å². The van der Waals surface area contributed by atoms with Gasteiger partial charge in [0.1, 0.15) is 0 Å². The summed E-state index contributed by atoms with van der Waals surface area (Å²) in [5.41, 5.74) is 4.02. The molecule has 3 saturated carbocycles. The lowest BCUT2D eigenvalue weighted by Crippen LogP contribution is -2.36. The van der Waals surface area contributed by atoms with E-state index in [1.54, 1.807) is 5.57 Å². The Hall–Kier alpha value is -0.860. The summed E-state index contributed by atoms with van der Waals surface area (Å²) in [5, 5.41) is 20.1. The minimum atomic E-state index is -0.535. The average Bonchev–Trinajstić information content (AvgIpc) is 2.99. The van der Waals surface area contributed by atoms with Crippen LogP contribution in [0.25, 0.3) is 0 Å². The number of hydrogen-bond acceptors (Lipinski definition) is 2. The van der Waals surface area contributed by atoms with Crippen molar-refractivity contribution in [1.82, 2.24) is 0 Å². The highest BCUT2D eigenvalue weighted by Gasteiger charge is 2.50. The van der Waals surface area contributed by atoms with E-state index in [4.69, 9.17) is 0 Å². The molecule has 164 valence electrons. The van der Waals surface area contributed by atoms with Crippen LogP contribution in [-0.4, -0.2) is 21.9 Å². The Morgan fingerprint density at radius 1 is 1.21 bits per heavy atom. The Morgan fingerprint density at radius 3 is 2.69 bits per heavy atom. The van der Waals surface area contributed by atoms with Crippen molar-refractivity contribution >= 4 is 0 Å². The van der Waals surface area contributed by atoms with Gasteiger partial charge in [0.15, 0.2) is 0 Å². The molecular formula is C27H44O2. The third-order valence-electron chi connectivity index (χ3n) is 8.36. The summed E-state index contributed by atoms with van der Waals surface area (Å²) < 4.78 is 0. The van der Waals surface area contributed by atoms with Crippen molar-refractivity contribution in [2.75, 3.05) is 0 Å². The number of rotatable bonds is 6. The molecule has 0 heterocycles. The summed E-state index contributed by atoms with van der Waals surface area (Å²) in [4.78, 5) is 0. The first-order valence-corrected chi connectivity index (χ1v) is 12.1. The van der Waals surface area contributed by atoms with Crippen LogP contribution in [0.15, 0.2) is 35.5 Å². The molecule has 0 aliphatic heterocycles. The van der Waals surface area contributed by atoms with E-state index in [9.17, 15) is 10.2 Å². The molecule has 5 atom stereocenters. The molecule has 0 aromatic heterocycles. The van der Waals surface area contributed by atoms with Crippen LogP contribution in [0.3, 0.4) is 0 Å². The van der Waals surface area contributed by atoms with Crippen molar-refractivity contribution in [2.45, 2.75) is 110 Å². The Kier molecular flexibility index (Phi) is 7.16. The lowest BCUT2D eigenvalue weighted by molar-refractivity contribution is 0.0596. The molecule has 0 spiro atoms. The Bertz CT molecular complexity index is 650. The molecule has 0 saturated heterocycles. The predicted molar refractivity (Wildman–Crippen MR) is 123 cm³/mol. The average molecular weight is 406 g/mol. The predicted octanol–water partition coefficient (Wildman–Crippen LogP) is 6.73. The van der Waals surface area contributed by atoms with E-state index in [0.717, 1.165) is 49.9 Å². The second-order valence-corrected chi connectivity index (χ2v) is 11.2. The first kappa shape index (κ1) is 22.8. The van der Waals surface area contributed by atoms with Crippen LogP contribution in [0, 0.1) is 23.2 Å². The van der Waals surface area contributed by atoms with Gasteiger partial charge in [0.25, 0.3) is 0 Å². The number of allylic oxidation sites excluding steroid dienone is 4. The molecule has 3 rings (SSSR count). The lowest BCUT2D eigenvalue weighted by Gasteiger charge is -2.44. The molecule has 0 aromatic rings. The summed E-state index contributed by atoms with van der Waals surface area (Å²) in [6.45, 7) is 13.1. The summed E-state index contributed by atoms with van der Waals surface area (Å²) in [7, 11) is 0. The van der Waals surface area contributed by atoms with Gasteiger partial charge < -0.3 is 10.2 Å². The number of hydrogen-bond donors (Lipinski definition) is 2. The monoisotopic (exact) mass is 405 g/mol. The van der Waals surface area contributed by atoms with E-state index >= 15 is 0 Å². The highest BCUT2D eigenvalue weighted by Crippen LogP contribution is 2.60. The van der Waals surface area contributed by atoms with E-state index in [1.807, 2.05) is 13.8 Å². The molecule has 29 heavy (non-hydrogen) atoms. The van der Waals surface area contributed by atoms with Crippen molar-refractivity contribution in [3.05, 3.63) is 35.5 Å². The quantitative estimate of drug-likeness (QED) is 0.481. The van der Waals surface area contributed by atoms with Crippen LogP contribution < -0.4 is 0 Å². The minimum absolute atomic E-state index is 0.192. The molecule has 2 heteroatoms. The third-order valence-corrected chi connectivity index (χ3v) is 8.36. The maximum Gasteiger partial charge on any atom is 0.0591 e. The Labute approximate surface area is 179 Å². The van der Waals surface area contributed by atoms with E-state index in [0.29, 0.717) is 5.41 Å². The molecule has 0 aromatic carbocycles. The third kappa shape index (κ3) is 5.44. The summed E-state index contributed by atoms with van der Waals surface area (Å²) in [5.74, 6) is 2.26. The second-order valence-electron chi connectivity index (χ2n) is 11.2. The zero-order valence-electron chi connectivity index (χ0n) is 19.3. The van der Waals surface area contributed by atoms with Gasteiger partial charge in [-0.15, -0.1) is 0 Å². The first-order valence-electron chi connectivity index (χ1n) is 12.1. The van der Waals surface area contributed by atoms with E-state index in [2.05, 4.69) is 32.6 Å². The van der Waals surface area contributed by atoms with Crippen molar-refractivity contribution in [3.8, 4) is 0 Å². The van der Waals surface area contributed by atoms with E-state index in [1.165, 1.54) is 49.7 Å². The topological polar surface area (TPSA) is 40.5 Å². The van der Waals surface area contributed by atoms with Crippen molar-refractivity contribution in [2.24, 2.45) is 23.2 Å². The van der Waals surface area contributed by atoms with Crippen LogP contribution in [-0.2, 0) is 0 Å².